The smallest absolute Gasteiger partial charge is 0.0351 e. The molecule has 1 aliphatic carbocycles. The van der Waals surface area contributed by atoms with E-state index in [0.717, 1.165) is 18.3 Å². The summed E-state index contributed by atoms with van der Waals surface area (Å²) < 4.78 is 0. The van der Waals surface area contributed by atoms with Crippen LogP contribution in [0, 0.1) is 5.92 Å². The molecule has 0 amide bonds. The first-order valence-corrected chi connectivity index (χ1v) is 5.68. The van der Waals surface area contributed by atoms with Gasteiger partial charge in [0.25, 0.3) is 0 Å². The first-order chi connectivity index (χ1) is 5.86. The molecule has 0 heterocycles. The van der Waals surface area contributed by atoms with Gasteiger partial charge in [0, 0.05) is 19.0 Å². The van der Waals surface area contributed by atoms with Gasteiger partial charge in [0.2, 0.25) is 0 Å². The zero-order valence-corrected chi connectivity index (χ0v) is 8.82. The lowest BCUT2D eigenvalue weighted by Crippen LogP contribution is -2.29. The molecule has 1 aliphatic rings. The number of nitrogens with zero attached hydrogens (tertiary/aromatic N) is 1. The number of halogens is 1. The highest BCUT2D eigenvalue weighted by molar-refractivity contribution is 6.18. The Hall–Kier alpha value is 0.250. The molecule has 0 bridgehead atoms. The standard InChI is InChI=1S/C10H20ClN/c1-2-3-7-12(8-6-11)9-10-4-5-10/h10H,2-9H2,1H3. The zero-order valence-electron chi connectivity index (χ0n) is 8.06. The summed E-state index contributed by atoms with van der Waals surface area (Å²) in [5.74, 6) is 1.79. The molecule has 0 saturated heterocycles. The summed E-state index contributed by atoms with van der Waals surface area (Å²) in [6.07, 6.45) is 5.52. The summed E-state index contributed by atoms with van der Waals surface area (Å²) in [7, 11) is 0. The molecule has 0 spiro atoms. The summed E-state index contributed by atoms with van der Waals surface area (Å²) in [5, 5.41) is 0. The normalized spacial score (nSPS) is 17.2. The molecular formula is C10H20ClN. The highest BCUT2D eigenvalue weighted by Gasteiger charge is 2.23. The van der Waals surface area contributed by atoms with Crippen LogP contribution in [0.3, 0.4) is 0 Å². The van der Waals surface area contributed by atoms with Crippen molar-refractivity contribution in [2.75, 3.05) is 25.5 Å². The zero-order chi connectivity index (χ0) is 8.81. The maximum atomic E-state index is 5.74. The van der Waals surface area contributed by atoms with Gasteiger partial charge in [0.1, 0.15) is 0 Å². The lowest BCUT2D eigenvalue weighted by Gasteiger charge is -2.20. The Kier molecular flexibility index (Phi) is 5.01. The molecule has 2 heteroatoms. The van der Waals surface area contributed by atoms with Gasteiger partial charge in [-0.1, -0.05) is 13.3 Å². The van der Waals surface area contributed by atoms with E-state index in [4.69, 9.17) is 11.6 Å². The Morgan fingerprint density at radius 1 is 1.33 bits per heavy atom. The minimum atomic E-state index is 0.788. The molecule has 0 aromatic heterocycles. The lowest BCUT2D eigenvalue weighted by atomic mass is 10.3. The second kappa shape index (κ2) is 5.82. The number of hydrogen-bond acceptors (Lipinski definition) is 1. The Bertz CT molecular complexity index is 112. The van der Waals surface area contributed by atoms with Gasteiger partial charge >= 0.3 is 0 Å². The predicted molar refractivity (Wildman–Crippen MR) is 54.8 cm³/mol. The van der Waals surface area contributed by atoms with Crippen molar-refractivity contribution >= 4 is 11.6 Å². The van der Waals surface area contributed by atoms with E-state index < -0.39 is 0 Å². The van der Waals surface area contributed by atoms with Gasteiger partial charge in [-0.15, -0.1) is 11.6 Å². The molecule has 0 aromatic carbocycles. The van der Waals surface area contributed by atoms with Gasteiger partial charge in [-0.05, 0) is 31.7 Å². The molecule has 72 valence electrons. The Morgan fingerprint density at radius 3 is 2.58 bits per heavy atom. The van der Waals surface area contributed by atoms with Crippen molar-refractivity contribution in [1.29, 1.82) is 0 Å². The van der Waals surface area contributed by atoms with Gasteiger partial charge in [0.05, 0.1) is 0 Å². The summed E-state index contributed by atoms with van der Waals surface area (Å²) in [4.78, 5) is 2.52. The summed E-state index contributed by atoms with van der Waals surface area (Å²) >= 11 is 5.74. The SMILES string of the molecule is CCCCN(CCCl)CC1CC1. The maximum absolute atomic E-state index is 5.74. The molecule has 0 N–H and O–H groups in total. The second-order valence-electron chi connectivity index (χ2n) is 3.79. The van der Waals surface area contributed by atoms with Crippen LogP contribution in [0.15, 0.2) is 0 Å². The van der Waals surface area contributed by atoms with Crippen molar-refractivity contribution in [3.8, 4) is 0 Å². The van der Waals surface area contributed by atoms with Crippen LogP contribution >= 0.6 is 11.6 Å². The highest BCUT2D eigenvalue weighted by Crippen LogP contribution is 2.29. The summed E-state index contributed by atoms with van der Waals surface area (Å²) in [6.45, 7) is 5.88. The van der Waals surface area contributed by atoms with Crippen LogP contribution < -0.4 is 0 Å². The quantitative estimate of drug-likeness (QED) is 0.557. The fourth-order valence-electron chi connectivity index (χ4n) is 1.46. The van der Waals surface area contributed by atoms with Crippen LogP contribution in [0.1, 0.15) is 32.6 Å². The molecule has 1 saturated carbocycles. The lowest BCUT2D eigenvalue weighted by molar-refractivity contribution is 0.274. The van der Waals surface area contributed by atoms with Gasteiger partial charge in [-0.2, -0.15) is 0 Å². The van der Waals surface area contributed by atoms with Crippen molar-refractivity contribution in [1.82, 2.24) is 4.90 Å². The predicted octanol–water partition coefficient (Wildman–Crippen LogP) is 2.74. The number of hydrogen-bond donors (Lipinski definition) is 0. The van der Waals surface area contributed by atoms with E-state index in [1.54, 1.807) is 0 Å². The van der Waals surface area contributed by atoms with Crippen LogP contribution in [0.5, 0.6) is 0 Å². The third kappa shape index (κ3) is 4.32. The molecule has 12 heavy (non-hydrogen) atoms. The monoisotopic (exact) mass is 189 g/mol. The van der Waals surface area contributed by atoms with E-state index in [2.05, 4.69) is 11.8 Å². The maximum Gasteiger partial charge on any atom is 0.0351 e. The first-order valence-electron chi connectivity index (χ1n) is 5.15. The third-order valence-corrected chi connectivity index (χ3v) is 2.61. The molecule has 0 aromatic rings. The van der Waals surface area contributed by atoms with Gasteiger partial charge < -0.3 is 4.90 Å². The second-order valence-corrected chi connectivity index (χ2v) is 4.16. The van der Waals surface area contributed by atoms with E-state index >= 15 is 0 Å². The van der Waals surface area contributed by atoms with E-state index in [1.807, 2.05) is 0 Å². The van der Waals surface area contributed by atoms with E-state index in [-0.39, 0.29) is 0 Å². The van der Waals surface area contributed by atoms with Gasteiger partial charge in [-0.25, -0.2) is 0 Å². The Balaban J connectivity index is 2.07. The largest absolute Gasteiger partial charge is 0.302 e. The van der Waals surface area contributed by atoms with Crippen molar-refractivity contribution in [2.24, 2.45) is 5.92 Å². The average Bonchev–Trinajstić information content (AvgIpc) is 2.84. The average molecular weight is 190 g/mol. The number of alkyl halides is 1. The van der Waals surface area contributed by atoms with Crippen molar-refractivity contribution in [2.45, 2.75) is 32.6 Å². The molecular weight excluding hydrogens is 170 g/mol. The molecule has 0 unspecified atom stereocenters. The number of unbranched alkanes of at least 4 members (excludes halogenated alkanes) is 1. The topological polar surface area (TPSA) is 3.24 Å². The molecule has 1 fully saturated rings. The fourth-order valence-corrected chi connectivity index (χ4v) is 1.70. The minimum absolute atomic E-state index is 0.788. The third-order valence-electron chi connectivity index (χ3n) is 2.44. The molecule has 1 nitrogen and oxygen atoms in total. The minimum Gasteiger partial charge on any atom is -0.302 e. The summed E-state index contributed by atoms with van der Waals surface area (Å²) in [5.41, 5.74) is 0. The van der Waals surface area contributed by atoms with Crippen LogP contribution in [0.2, 0.25) is 0 Å². The van der Waals surface area contributed by atoms with Gasteiger partial charge in [-0.3, -0.25) is 0 Å². The summed E-state index contributed by atoms with van der Waals surface area (Å²) in [6, 6.07) is 0. The van der Waals surface area contributed by atoms with Crippen LogP contribution in [-0.4, -0.2) is 30.4 Å². The fraction of sp³-hybridized carbons (Fsp3) is 1.00. The van der Waals surface area contributed by atoms with Crippen molar-refractivity contribution in [3.63, 3.8) is 0 Å². The molecule has 0 radical (unpaired) electrons. The number of rotatable bonds is 7. The van der Waals surface area contributed by atoms with E-state index in [9.17, 15) is 0 Å². The van der Waals surface area contributed by atoms with Crippen LogP contribution in [0.4, 0.5) is 0 Å². The van der Waals surface area contributed by atoms with E-state index in [0.29, 0.717) is 0 Å². The molecule has 0 atom stereocenters. The highest BCUT2D eigenvalue weighted by atomic mass is 35.5. The van der Waals surface area contributed by atoms with E-state index in [1.165, 1.54) is 38.8 Å². The van der Waals surface area contributed by atoms with Crippen molar-refractivity contribution < 1.29 is 0 Å². The molecule has 1 rings (SSSR count). The van der Waals surface area contributed by atoms with Gasteiger partial charge in [0.15, 0.2) is 0 Å². The Morgan fingerprint density at radius 2 is 2.08 bits per heavy atom. The van der Waals surface area contributed by atoms with Crippen LogP contribution in [-0.2, 0) is 0 Å². The molecule has 0 aliphatic heterocycles. The Labute approximate surface area is 81.1 Å². The first kappa shape index (κ1) is 10.3. The van der Waals surface area contributed by atoms with Crippen LogP contribution in [0.25, 0.3) is 0 Å². The van der Waals surface area contributed by atoms with Crippen molar-refractivity contribution in [3.05, 3.63) is 0 Å².